The number of thioether (sulfide) groups is 1. The number of hydrogen-bond acceptors (Lipinski definition) is 5. The highest BCUT2D eigenvalue weighted by atomic mass is 35.5. The number of benzene rings is 1. The summed E-state index contributed by atoms with van der Waals surface area (Å²) in [5.41, 5.74) is 2.12. The predicted octanol–water partition coefficient (Wildman–Crippen LogP) is 3.45. The van der Waals surface area contributed by atoms with Gasteiger partial charge in [0.1, 0.15) is 5.39 Å². The van der Waals surface area contributed by atoms with E-state index in [0.717, 1.165) is 5.56 Å². The first-order chi connectivity index (χ1) is 12.2. The number of aromatic nitrogens is 5. The van der Waals surface area contributed by atoms with Gasteiger partial charge in [-0.05, 0) is 42.0 Å². The minimum atomic E-state index is -0.168. The Labute approximate surface area is 151 Å². The first-order valence-corrected chi connectivity index (χ1v) is 8.82. The number of fused-ring (bicyclic) bond motifs is 1. The molecule has 0 fully saturated rings. The van der Waals surface area contributed by atoms with Crippen molar-refractivity contribution in [2.24, 2.45) is 0 Å². The van der Waals surface area contributed by atoms with Crippen LogP contribution in [0, 0.1) is 0 Å². The molecule has 0 aliphatic heterocycles. The van der Waals surface area contributed by atoms with Crippen molar-refractivity contribution in [2.45, 2.75) is 10.9 Å². The summed E-state index contributed by atoms with van der Waals surface area (Å²) in [6.45, 7) is 0. The normalized spacial score (nSPS) is 11.1. The first kappa shape index (κ1) is 15.9. The quantitative estimate of drug-likeness (QED) is 0.440. The highest BCUT2D eigenvalue weighted by Crippen LogP contribution is 2.24. The SMILES string of the molecule is O=c1c2cn[nH]c2nc(SCc2ccncc2)n1-c1ccc(Cl)cc1. The summed E-state index contributed by atoms with van der Waals surface area (Å²) in [7, 11) is 0. The fourth-order valence-corrected chi connectivity index (χ4v) is 3.50. The van der Waals surface area contributed by atoms with Crippen molar-refractivity contribution < 1.29 is 0 Å². The fraction of sp³-hybridized carbons (Fsp3) is 0.0588. The minimum absolute atomic E-state index is 0.168. The molecule has 4 aromatic rings. The smallest absolute Gasteiger partial charge is 0.268 e. The van der Waals surface area contributed by atoms with E-state index in [2.05, 4.69) is 20.2 Å². The van der Waals surface area contributed by atoms with Gasteiger partial charge in [-0.1, -0.05) is 23.4 Å². The van der Waals surface area contributed by atoms with Gasteiger partial charge in [-0.2, -0.15) is 5.10 Å². The van der Waals surface area contributed by atoms with Crippen LogP contribution >= 0.6 is 23.4 Å². The van der Waals surface area contributed by atoms with E-state index in [9.17, 15) is 4.79 Å². The molecule has 0 saturated heterocycles. The molecule has 0 bridgehead atoms. The van der Waals surface area contributed by atoms with E-state index in [0.29, 0.717) is 32.7 Å². The Morgan fingerprint density at radius 2 is 1.88 bits per heavy atom. The number of H-pyrrole nitrogens is 1. The Kier molecular flexibility index (Phi) is 4.25. The molecule has 25 heavy (non-hydrogen) atoms. The van der Waals surface area contributed by atoms with Gasteiger partial charge in [-0.3, -0.25) is 19.4 Å². The van der Waals surface area contributed by atoms with Crippen LogP contribution in [0.25, 0.3) is 16.7 Å². The molecule has 0 aliphatic rings. The molecule has 0 unspecified atom stereocenters. The van der Waals surface area contributed by atoms with Crippen molar-refractivity contribution in [3.8, 4) is 5.69 Å². The molecule has 3 heterocycles. The van der Waals surface area contributed by atoms with Gasteiger partial charge in [0.25, 0.3) is 5.56 Å². The molecule has 3 aromatic heterocycles. The molecule has 1 aromatic carbocycles. The van der Waals surface area contributed by atoms with Gasteiger partial charge in [0, 0.05) is 23.2 Å². The van der Waals surface area contributed by atoms with E-state index >= 15 is 0 Å². The zero-order valence-corrected chi connectivity index (χ0v) is 14.5. The second-order valence-electron chi connectivity index (χ2n) is 5.29. The third-order valence-corrected chi connectivity index (χ3v) is 4.92. The van der Waals surface area contributed by atoms with Crippen molar-refractivity contribution in [3.05, 3.63) is 75.9 Å². The predicted molar refractivity (Wildman–Crippen MR) is 98.3 cm³/mol. The number of nitrogens with one attached hydrogen (secondary N) is 1. The molecular formula is C17H12ClN5OS. The topological polar surface area (TPSA) is 76.5 Å². The van der Waals surface area contributed by atoms with E-state index in [1.807, 2.05) is 12.1 Å². The summed E-state index contributed by atoms with van der Waals surface area (Å²) in [6, 6.07) is 11.0. The van der Waals surface area contributed by atoms with Gasteiger partial charge in [0.15, 0.2) is 10.8 Å². The molecule has 6 nitrogen and oxygen atoms in total. The monoisotopic (exact) mass is 369 g/mol. The minimum Gasteiger partial charge on any atom is -0.268 e. The Bertz CT molecular complexity index is 1080. The van der Waals surface area contributed by atoms with Crippen LogP contribution in [-0.4, -0.2) is 24.7 Å². The standard InChI is InChI=1S/C17H12ClN5OS/c18-12-1-3-13(4-2-12)23-16(24)14-9-20-22-15(14)21-17(23)25-10-11-5-7-19-8-6-11/h1-9H,10H2,(H,20,22). The van der Waals surface area contributed by atoms with Crippen LogP contribution < -0.4 is 5.56 Å². The summed E-state index contributed by atoms with van der Waals surface area (Å²) in [5.74, 6) is 0.669. The van der Waals surface area contributed by atoms with Gasteiger partial charge >= 0.3 is 0 Å². The molecule has 124 valence electrons. The second kappa shape index (κ2) is 6.70. The largest absolute Gasteiger partial charge is 0.269 e. The van der Waals surface area contributed by atoms with Crippen molar-refractivity contribution in [1.82, 2.24) is 24.7 Å². The number of aromatic amines is 1. The summed E-state index contributed by atoms with van der Waals surface area (Å²) in [4.78, 5) is 21.5. The number of pyridine rings is 1. The van der Waals surface area contributed by atoms with Crippen LogP contribution in [0.5, 0.6) is 0 Å². The Morgan fingerprint density at radius 1 is 1.12 bits per heavy atom. The molecule has 0 aliphatic carbocycles. The van der Waals surface area contributed by atoms with Crippen molar-refractivity contribution in [1.29, 1.82) is 0 Å². The highest BCUT2D eigenvalue weighted by Gasteiger charge is 2.14. The van der Waals surface area contributed by atoms with E-state index in [1.54, 1.807) is 41.2 Å². The van der Waals surface area contributed by atoms with Crippen LogP contribution in [0.3, 0.4) is 0 Å². The zero-order valence-electron chi connectivity index (χ0n) is 12.9. The second-order valence-corrected chi connectivity index (χ2v) is 6.67. The molecule has 8 heteroatoms. The van der Waals surface area contributed by atoms with Crippen LogP contribution in [-0.2, 0) is 5.75 Å². The lowest BCUT2D eigenvalue weighted by Gasteiger charge is -2.12. The lowest BCUT2D eigenvalue weighted by atomic mass is 10.3. The number of nitrogens with zero attached hydrogens (tertiary/aromatic N) is 4. The van der Waals surface area contributed by atoms with Crippen LogP contribution in [0.1, 0.15) is 5.56 Å². The molecule has 0 atom stereocenters. The lowest BCUT2D eigenvalue weighted by Crippen LogP contribution is -2.21. The fourth-order valence-electron chi connectivity index (χ4n) is 2.42. The van der Waals surface area contributed by atoms with Gasteiger partial charge in [-0.15, -0.1) is 0 Å². The molecular weight excluding hydrogens is 358 g/mol. The maximum atomic E-state index is 12.9. The Balaban J connectivity index is 1.82. The van der Waals surface area contributed by atoms with Crippen molar-refractivity contribution >= 4 is 34.4 Å². The van der Waals surface area contributed by atoms with Gasteiger partial charge in [0.2, 0.25) is 0 Å². The zero-order chi connectivity index (χ0) is 17.2. The van der Waals surface area contributed by atoms with Gasteiger partial charge < -0.3 is 0 Å². The Hall–Kier alpha value is -2.64. The molecule has 0 spiro atoms. The highest BCUT2D eigenvalue weighted by molar-refractivity contribution is 7.98. The maximum Gasteiger partial charge on any atom is 0.269 e. The average molecular weight is 370 g/mol. The van der Waals surface area contributed by atoms with E-state index in [1.165, 1.54) is 18.0 Å². The van der Waals surface area contributed by atoms with Gasteiger partial charge in [-0.25, -0.2) is 4.98 Å². The maximum absolute atomic E-state index is 12.9. The van der Waals surface area contributed by atoms with Crippen LogP contribution in [0.4, 0.5) is 0 Å². The summed E-state index contributed by atoms with van der Waals surface area (Å²) >= 11 is 7.44. The molecule has 0 saturated carbocycles. The van der Waals surface area contributed by atoms with E-state index < -0.39 is 0 Å². The van der Waals surface area contributed by atoms with E-state index in [-0.39, 0.29) is 5.56 Å². The summed E-state index contributed by atoms with van der Waals surface area (Å²) in [5, 5.41) is 8.34. The molecule has 4 rings (SSSR count). The lowest BCUT2D eigenvalue weighted by molar-refractivity contribution is 0.816. The molecule has 0 amide bonds. The average Bonchev–Trinajstić information content (AvgIpc) is 3.11. The third-order valence-electron chi connectivity index (χ3n) is 3.65. The first-order valence-electron chi connectivity index (χ1n) is 7.46. The van der Waals surface area contributed by atoms with Crippen molar-refractivity contribution in [3.63, 3.8) is 0 Å². The number of halogens is 1. The van der Waals surface area contributed by atoms with Crippen LogP contribution in [0.15, 0.2) is 64.9 Å². The molecule has 1 N–H and O–H groups in total. The molecule has 0 radical (unpaired) electrons. The third kappa shape index (κ3) is 3.16. The van der Waals surface area contributed by atoms with Gasteiger partial charge in [0.05, 0.1) is 11.9 Å². The Morgan fingerprint density at radius 3 is 2.64 bits per heavy atom. The number of hydrogen-bond donors (Lipinski definition) is 1. The summed E-state index contributed by atoms with van der Waals surface area (Å²) < 4.78 is 1.58. The number of rotatable bonds is 4. The van der Waals surface area contributed by atoms with Crippen molar-refractivity contribution in [2.75, 3.05) is 0 Å². The summed E-state index contributed by atoms with van der Waals surface area (Å²) in [6.07, 6.45) is 4.98. The van der Waals surface area contributed by atoms with E-state index in [4.69, 9.17) is 11.6 Å². The van der Waals surface area contributed by atoms with Crippen LogP contribution in [0.2, 0.25) is 5.02 Å².